The summed E-state index contributed by atoms with van der Waals surface area (Å²) in [6.45, 7) is 0.647. The number of oxime groups is 1. The molecule has 0 spiro atoms. The molecule has 3 N–H and O–H groups in total. The van der Waals surface area contributed by atoms with Crippen molar-refractivity contribution >= 4 is 17.6 Å². The Bertz CT molecular complexity index is 399. The summed E-state index contributed by atoms with van der Waals surface area (Å²) in [5, 5.41) is 11.3. The molecule has 0 fully saturated rings. The molecule has 17 heavy (non-hydrogen) atoms. The summed E-state index contributed by atoms with van der Waals surface area (Å²) >= 11 is 1.59. The molecule has 0 saturated heterocycles. The summed E-state index contributed by atoms with van der Waals surface area (Å²) in [5.41, 5.74) is 6.33. The van der Waals surface area contributed by atoms with E-state index in [1.807, 2.05) is 0 Å². The van der Waals surface area contributed by atoms with Gasteiger partial charge in [-0.3, -0.25) is 0 Å². The Morgan fingerprint density at radius 3 is 2.94 bits per heavy atom. The molecule has 0 aromatic heterocycles. The Balaban J connectivity index is 2.63. The predicted octanol–water partition coefficient (Wildman–Crippen LogP) is 1.80. The Morgan fingerprint density at radius 2 is 2.35 bits per heavy atom. The maximum atomic E-state index is 13.6. The van der Waals surface area contributed by atoms with E-state index in [0.717, 1.165) is 5.75 Å². The van der Waals surface area contributed by atoms with E-state index in [4.69, 9.17) is 15.7 Å². The van der Waals surface area contributed by atoms with Crippen molar-refractivity contribution < 1.29 is 14.3 Å². The van der Waals surface area contributed by atoms with Crippen LogP contribution in [0.2, 0.25) is 0 Å². The first-order chi connectivity index (χ1) is 8.19. The van der Waals surface area contributed by atoms with Crippen LogP contribution >= 0.6 is 11.8 Å². The van der Waals surface area contributed by atoms with E-state index >= 15 is 0 Å². The molecule has 0 saturated carbocycles. The monoisotopic (exact) mass is 258 g/mol. The lowest BCUT2D eigenvalue weighted by Gasteiger charge is -2.05. The van der Waals surface area contributed by atoms with Crippen LogP contribution in [0.1, 0.15) is 11.1 Å². The van der Waals surface area contributed by atoms with Crippen molar-refractivity contribution in [3.63, 3.8) is 0 Å². The van der Waals surface area contributed by atoms with E-state index in [2.05, 4.69) is 5.16 Å². The topological polar surface area (TPSA) is 67.8 Å². The Hall–Kier alpha value is -1.27. The second kappa shape index (κ2) is 7.13. The molecule has 0 aliphatic rings. The van der Waals surface area contributed by atoms with Crippen LogP contribution in [0.5, 0.6) is 0 Å². The van der Waals surface area contributed by atoms with Gasteiger partial charge in [-0.25, -0.2) is 4.39 Å². The summed E-state index contributed by atoms with van der Waals surface area (Å²) in [6, 6.07) is 4.54. The number of thioether (sulfide) groups is 1. The lowest BCUT2D eigenvalue weighted by molar-refractivity contribution is 0.218. The number of rotatable bonds is 6. The van der Waals surface area contributed by atoms with Gasteiger partial charge in [0.25, 0.3) is 0 Å². The molecule has 94 valence electrons. The van der Waals surface area contributed by atoms with Crippen LogP contribution in [-0.4, -0.2) is 30.5 Å². The molecular weight excluding hydrogens is 243 g/mol. The Kier molecular flexibility index (Phi) is 5.79. The maximum Gasteiger partial charge on any atom is 0.170 e. The van der Waals surface area contributed by atoms with Gasteiger partial charge in [0, 0.05) is 24.2 Å². The van der Waals surface area contributed by atoms with E-state index in [1.165, 1.54) is 6.07 Å². The number of hydrogen-bond donors (Lipinski definition) is 2. The van der Waals surface area contributed by atoms with E-state index in [1.54, 1.807) is 31.0 Å². The van der Waals surface area contributed by atoms with Crippen LogP contribution < -0.4 is 5.73 Å². The van der Waals surface area contributed by atoms with Crippen LogP contribution in [0.4, 0.5) is 4.39 Å². The SMILES string of the molecule is COCCSCc1ccc(/C(N)=N/O)cc1F. The maximum absolute atomic E-state index is 13.6. The molecular formula is C11H15FN2O2S. The fourth-order valence-electron chi connectivity index (χ4n) is 1.21. The smallest absolute Gasteiger partial charge is 0.170 e. The minimum Gasteiger partial charge on any atom is -0.409 e. The molecule has 0 aliphatic heterocycles. The quantitative estimate of drug-likeness (QED) is 0.268. The van der Waals surface area contributed by atoms with Crippen LogP contribution in [0, 0.1) is 5.82 Å². The van der Waals surface area contributed by atoms with Gasteiger partial charge in [-0.05, 0) is 11.6 Å². The Labute approximate surface area is 104 Å². The molecule has 0 bridgehead atoms. The molecule has 0 atom stereocenters. The highest BCUT2D eigenvalue weighted by molar-refractivity contribution is 7.98. The Morgan fingerprint density at radius 1 is 1.59 bits per heavy atom. The molecule has 1 aromatic carbocycles. The van der Waals surface area contributed by atoms with Gasteiger partial charge < -0.3 is 15.7 Å². The van der Waals surface area contributed by atoms with Gasteiger partial charge in [0.15, 0.2) is 5.84 Å². The van der Waals surface area contributed by atoms with Crippen molar-refractivity contribution in [2.24, 2.45) is 10.9 Å². The second-order valence-electron chi connectivity index (χ2n) is 3.34. The first-order valence-electron chi connectivity index (χ1n) is 5.02. The average Bonchev–Trinajstić information content (AvgIpc) is 2.35. The zero-order valence-electron chi connectivity index (χ0n) is 9.52. The second-order valence-corrected chi connectivity index (χ2v) is 4.44. The predicted molar refractivity (Wildman–Crippen MR) is 66.9 cm³/mol. The van der Waals surface area contributed by atoms with Crippen LogP contribution in [0.3, 0.4) is 0 Å². The van der Waals surface area contributed by atoms with Crippen LogP contribution in [0.15, 0.2) is 23.4 Å². The van der Waals surface area contributed by atoms with Crippen molar-refractivity contribution in [2.45, 2.75) is 5.75 Å². The first-order valence-corrected chi connectivity index (χ1v) is 6.17. The number of amidine groups is 1. The molecule has 0 amide bonds. The molecule has 0 unspecified atom stereocenters. The average molecular weight is 258 g/mol. The summed E-state index contributed by atoms with van der Waals surface area (Å²) in [6.07, 6.45) is 0. The van der Waals surface area contributed by atoms with Gasteiger partial charge in [0.05, 0.1) is 6.61 Å². The van der Waals surface area contributed by atoms with Gasteiger partial charge in [-0.1, -0.05) is 17.3 Å². The highest BCUT2D eigenvalue weighted by Gasteiger charge is 2.06. The number of halogens is 1. The van der Waals surface area contributed by atoms with Crippen molar-refractivity contribution in [1.29, 1.82) is 0 Å². The third kappa shape index (κ3) is 4.24. The van der Waals surface area contributed by atoms with Crippen molar-refractivity contribution in [3.8, 4) is 0 Å². The number of hydrogen-bond acceptors (Lipinski definition) is 4. The number of benzene rings is 1. The third-order valence-electron chi connectivity index (χ3n) is 2.15. The zero-order valence-corrected chi connectivity index (χ0v) is 10.3. The molecule has 0 heterocycles. The zero-order chi connectivity index (χ0) is 12.7. The standard InChI is InChI=1S/C11H15FN2O2S/c1-16-4-5-17-7-9-3-2-8(6-10(9)12)11(13)14-15/h2-3,6,15H,4-5,7H2,1H3,(H2,13,14). The molecule has 1 aromatic rings. The van der Waals surface area contributed by atoms with Gasteiger partial charge >= 0.3 is 0 Å². The van der Waals surface area contributed by atoms with Gasteiger partial charge in [0.2, 0.25) is 0 Å². The summed E-state index contributed by atoms with van der Waals surface area (Å²) in [7, 11) is 1.63. The number of nitrogens with two attached hydrogens (primary N) is 1. The fraction of sp³-hybridized carbons (Fsp3) is 0.364. The molecule has 0 radical (unpaired) electrons. The first kappa shape index (κ1) is 13.8. The fourth-order valence-corrected chi connectivity index (χ4v) is 2.09. The minimum absolute atomic E-state index is 0.0949. The number of methoxy groups -OCH3 is 1. The molecule has 0 aliphatic carbocycles. The summed E-state index contributed by atoms with van der Waals surface area (Å²) in [4.78, 5) is 0. The van der Waals surface area contributed by atoms with E-state index in [9.17, 15) is 4.39 Å². The van der Waals surface area contributed by atoms with E-state index in [-0.39, 0.29) is 11.7 Å². The molecule has 4 nitrogen and oxygen atoms in total. The summed E-state index contributed by atoms with van der Waals surface area (Å²) < 4.78 is 18.5. The minimum atomic E-state index is -0.348. The van der Waals surface area contributed by atoms with Crippen molar-refractivity contribution in [3.05, 3.63) is 35.1 Å². The van der Waals surface area contributed by atoms with Crippen LogP contribution in [-0.2, 0) is 10.5 Å². The van der Waals surface area contributed by atoms with Crippen LogP contribution in [0.25, 0.3) is 0 Å². The summed E-state index contributed by atoms with van der Waals surface area (Å²) in [5.74, 6) is 0.949. The van der Waals surface area contributed by atoms with E-state index in [0.29, 0.717) is 23.5 Å². The number of nitrogens with zero attached hydrogens (tertiary/aromatic N) is 1. The van der Waals surface area contributed by atoms with Crippen molar-refractivity contribution in [1.82, 2.24) is 0 Å². The third-order valence-corrected chi connectivity index (χ3v) is 3.12. The number of ether oxygens (including phenoxy) is 1. The highest BCUT2D eigenvalue weighted by Crippen LogP contribution is 2.17. The largest absolute Gasteiger partial charge is 0.409 e. The highest BCUT2D eigenvalue weighted by atomic mass is 32.2. The lowest BCUT2D eigenvalue weighted by atomic mass is 10.1. The van der Waals surface area contributed by atoms with Gasteiger partial charge in [-0.15, -0.1) is 0 Å². The lowest BCUT2D eigenvalue weighted by Crippen LogP contribution is -2.13. The van der Waals surface area contributed by atoms with Crippen molar-refractivity contribution in [2.75, 3.05) is 19.5 Å². The van der Waals surface area contributed by atoms with Gasteiger partial charge in [-0.2, -0.15) is 11.8 Å². The molecule has 6 heteroatoms. The van der Waals surface area contributed by atoms with Gasteiger partial charge in [0.1, 0.15) is 5.82 Å². The normalized spacial score (nSPS) is 11.8. The van der Waals surface area contributed by atoms with E-state index < -0.39 is 0 Å². The molecule has 1 rings (SSSR count).